The molecule has 6 heteroatoms. The van der Waals surface area contributed by atoms with Gasteiger partial charge in [0.15, 0.2) is 6.61 Å². The summed E-state index contributed by atoms with van der Waals surface area (Å²) < 4.78 is 4.92. The molecule has 0 saturated heterocycles. The van der Waals surface area contributed by atoms with Crippen LogP contribution in [-0.4, -0.2) is 43.4 Å². The number of esters is 1. The zero-order chi connectivity index (χ0) is 19.8. The third-order valence-corrected chi connectivity index (χ3v) is 3.62. The van der Waals surface area contributed by atoms with E-state index in [1.807, 2.05) is 31.2 Å². The third kappa shape index (κ3) is 6.43. The van der Waals surface area contributed by atoms with E-state index in [0.29, 0.717) is 11.3 Å². The molecular weight excluding hydrogens is 344 g/mol. The number of benzene rings is 2. The van der Waals surface area contributed by atoms with E-state index >= 15 is 0 Å². The number of carbonyl (C=O) groups is 3. The van der Waals surface area contributed by atoms with E-state index in [-0.39, 0.29) is 5.91 Å². The minimum atomic E-state index is -0.599. The van der Waals surface area contributed by atoms with Gasteiger partial charge in [-0.15, -0.1) is 0 Å². The third-order valence-electron chi connectivity index (χ3n) is 3.62. The minimum Gasteiger partial charge on any atom is -0.452 e. The molecule has 0 heterocycles. The van der Waals surface area contributed by atoms with E-state index in [2.05, 4.69) is 5.32 Å². The molecule has 2 aromatic carbocycles. The Hall–Kier alpha value is -3.41. The van der Waals surface area contributed by atoms with Gasteiger partial charge in [-0.3, -0.25) is 9.59 Å². The Bertz CT molecular complexity index is 855. The Labute approximate surface area is 158 Å². The first-order valence-corrected chi connectivity index (χ1v) is 8.38. The summed E-state index contributed by atoms with van der Waals surface area (Å²) in [5.41, 5.74) is 3.00. The van der Waals surface area contributed by atoms with Gasteiger partial charge in [0.2, 0.25) is 0 Å². The van der Waals surface area contributed by atoms with E-state index in [9.17, 15) is 14.4 Å². The molecule has 0 aliphatic heterocycles. The SMILES string of the molecule is Cc1cccc(/C=C/C(=O)OCC(=O)Nc2ccc(C(=O)N(C)C)cc2)c1. The molecular formula is C21H22N2O4. The van der Waals surface area contributed by atoms with Crippen molar-refractivity contribution >= 4 is 29.5 Å². The summed E-state index contributed by atoms with van der Waals surface area (Å²) in [6.45, 7) is 1.57. The van der Waals surface area contributed by atoms with Crippen molar-refractivity contribution in [2.45, 2.75) is 6.92 Å². The molecule has 0 bridgehead atoms. The number of hydrogen-bond acceptors (Lipinski definition) is 4. The molecule has 140 valence electrons. The number of nitrogens with zero attached hydrogens (tertiary/aromatic N) is 1. The number of amides is 2. The predicted octanol–water partition coefficient (Wildman–Crippen LogP) is 2.89. The van der Waals surface area contributed by atoms with Crippen LogP contribution in [-0.2, 0) is 14.3 Å². The largest absolute Gasteiger partial charge is 0.452 e. The maximum Gasteiger partial charge on any atom is 0.331 e. The number of aryl methyl sites for hydroxylation is 1. The van der Waals surface area contributed by atoms with Gasteiger partial charge in [-0.1, -0.05) is 29.8 Å². The van der Waals surface area contributed by atoms with Crippen molar-refractivity contribution in [2.24, 2.45) is 0 Å². The van der Waals surface area contributed by atoms with E-state index in [1.165, 1.54) is 11.0 Å². The van der Waals surface area contributed by atoms with E-state index in [4.69, 9.17) is 4.74 Å². The van der Waals surface area contributed by atoms with Crippen molar-refractivity contribution in [2.75, 3.05) is 26.0 Å². The van der Waals surface area contributed by atoms with Gasteiger partial charge in [0.25, 0.3) is 11.8 Å². The highest BCUT2D eigenvalue weighted by Gasteiger charge is 2.09. The van der Waals surface area contributed by atoms with Gasteiger partial charge in [0.05, 0.1) is 0 Å². The van der Waals surface area contributed by atoms with Crippen LogP contribution in [0.5, 0.6) is 0 Å². The second-order valence-electron chi connectivity index (χ2n) is 6.18. The molecule has 0 atom stereocenters. The number of rotatable bonds is 6. The quantitative estimate of drug-likeness (QED) is 0.630. The molecule has 2 rings (SSSR count). The second-order valence-corrected chi connectivity index (χ2v) is 6.18. The molecule has 6 nitrogen and oxygen atoms in total. The fourth-order valence-corrected chi connectivity index (χ4v) is 2.27. The number of nitrogens with one attached hydrogen (secondary N) is 1. The first kappa shape index (κ1) is 19.9. The highest BCUT2D eigenvalue weighted by Crippen LogP contribution is 2.11. The molecule has 2 amide bonds. The lowest BCUT2D eigenvalue weighted by Gasteiger charge is -2.11. The first-order chi connectivity index (χ1) is 12.8. The van der Waals surface area contributed by atoms with Crippen molar-refractivity contribution in [3.63, 3.8) is 0 Å². The lowest BCUT2D eigenvalue weighted by atomic mass is 10.1. The summed E-state index contributed by atoms with van der Waals surface area (Å²) in [7, 11) is 3.33. The van der Waals surface area contributed by atoms with Gasteiger partial charge < -0.3 is 15.0 Å². The summed E-state index contributed by atoms with van der Waals surface area (Å²) in [5, 5.41) is 2.61. The lowest BCUT2D eigenvalue weighted by molar-refractivity contribution is -0.142. The Morgan fingerprint density at radius 2 is 1.78 bits per heavy atom. The maximum absolute atomic E-state index is 11.9. The molecule has 0 saturated carbocycles. The van der Waals surface area contributed by atoms with Crippen LogP contribution in [0.2, 0.25) is 0 Å². The maximum atomic E-state index is 11.9. The molecule has 0 aliphatic carbocycles. The van der Waals surface area contributed by atoms with Crippen LogP contribution in [0.15, 0.2) is 54.6 Å². The molecule has 0 unspecified atom stereocenters. The van der Waals surface area contributed by atoms with Gasteiger partial charge in [-0.25, -0.2) is 4.79 Å². The summed E-state index contributed by atoms with van der Waals surface area (Å²) >= 11 is 0. The number of ether oxygens (including phenoxy) is 1. The normalized spacial score (nSPS) is 10.5. The van der Waals surface area contributed by atoms with Crippen LogP contribution in [0.25, 0.3) is 6.08 Å². The average molecular weight is 366 g/mol. The highest BCUT2D eigenvalue weighted by atomic mass is 16.5. The Balaban J connectivity index is 1.81. The van der Waals surface area contributed by atoms with E-state index in [0.717, 1.165) is 11.1 Å². The smallest absolute Gasteiger partial charge is 0.331 e. The second kappa shape index (κ2) is 9.33. The zero-order valence-corrected chi connectivity index (χ0v) is 15.6. The summed E-state index contributed by atoms with van der Waals surface area (Å²) in [5.74, 6) is -1.18. The van der Waals surface area contributed by atoms with Crippen LogP contribution in [0, 0.1) is 6.92 Å². The molecule has 2 aromatic rings. The van der Waals surface area contributed by atoms with Crippen molar-refractivity contribution in [1.29, 1.82) is 0 Å². The number of carbonyl (C=O) groups excluding carboxylic acids is 3. The van der Waals surface area contributed by atoms with Crippen LogP contribution in [0.4, 0.5) is 5.69 Å². The molecule has 0 radical (unpaired) electrons. The van der Waals surface area contributed by atoms with Gasteiger partial charge in [0.1, 0.15) is 0 Å². The molecule has 1 N–H and O–H groups in total. The minimum absolute atomic E-state index is 0.123. The summed E-state index contributed by atoms with van der Waals surface area (Å²) in [4.78, 5) is 36.9. The van der Waals surface area contributed by atoms with E-state index < -0.39 is 18.5 Å². The zero-order valence-electron chi connectivity index (χ0n) is 15.6. The van der Waals surface area contributed by atoms with Crippen LogP contribution >= 0.6 is 0 Å². The van der Waals surface area contributed by atoms with Crippen LogP contribution in [0.1, 0.15) is 21.5 Å². The van der Waals surface area contributed by atoms with Crippen molar-refractivity contribution in [1.82, 2.24) is 4.90 Å². The van der Waals surface area contributed by atoms with Gasteiger partial charge in [0, 0.05) is 31.4 Å². The van der Waals surface area contributed by atoms with Gasteiger partial charge in [-0.2, -0.15) is 0 Å². The fraction of sp³-hybridized carbons (Fsp3) is 0.190. The van der Waals surface area contributed by atoms with Crippen LogP contribution in [0.3, 0.4) is 0 Å². The van der Waals surface area contributed by atoms with Crippen molar-refractivity contribution in [3.05, 3.63) is 71.3 Å². The number of hydrogen-bond donors (Lipinski definition) is 1. The number of anilines is 1. The fourth-order valence-electron chi connectivity index (χ4n) is 2.27. The molecule has 0 spiro atoms. The average Bonchev–Trinajstić information content (AvgIpc) is 2.64. The topological polar surface area (TPSA) is 75.7 Å². The van der Waals surface area contributed by atoms with Crippen molar-refractivity contribution in [3.8, 4) is 0 Å². The van der Waals surface area contributed by atoms with E-state index in [1.54, 1.807) is 44.4 Å². The first-order valence-electron chi connectivity index (χ1n) is 8.38. The summed E-state index contributed by atoms with van der Waals surface area (Å²) in [6.07, 6.45) is 2.91. The molecule has 0 fully saturated rings. The highest BCUT2D eigenvalue weighted by molar-refractivity contribution is 5.96. The van der Waals surface area contributed by atoms with Gasteiger partial charge in [-0.05, 0) is 42.8 Å². The standard InChI is InChI=1S/C21H22N2O4/c1-15-5-4-6-16(13-15)7-12-20(25)27-14-19(24)22-18-10-8-17(9-11-18)21(26)23(2)3/h4-13H,14H2,1-3H3,(H,22,24)/b12-7+. The Kier molecular flexibility index (Phi) is 6.88. The lowest BCUT2D eigenvalue weighted by Crippen LogP contribution is -2.22. The van der Waals surface area contributed by atoms with Crippen molar-refractivity contribution < 1.29 is 19.1 Å². The van der Waals surface area contributed by atoms with Crippen LogP contribution < -0.4 is 5.32 Å². The summed E-state index contributed by atoms with van der Waals surface area (Å²) in [6, 6.07) is 14.1. The monoisotopic (exact) mass is 366 g/mol. The Morgan fingerprint density at radius 3 is 2.41 bits per heavy atom. The molecule has 0 aliphatic rings. The van der Waals surface area contributed by atoms with Gasteiger partial charge >= 0.3 is 5.97 Å². The predicted molar refractivity (Wildman–Crippen MR) is 104 cm³/mol. The Morgan fingerprint density at radius 1 is 1.07 bits per heavy atom. The molecule has 27 heavy (non-hydrogen) atoms. The molecule has 0 aromatic heterocycles.